The molecule has 0 saturated heterocycles. The van der Waals surface area contributed by atoms with Gasteiger partial charge in [-0.3, -0.25) is 0 Å². The fourth-order valence-corrected chi connectivity index (χ4v) is 3.32. The average molecular weight is 483 g/mol. The van der Waals surface area contributed by atoms with E-state index in [1.54, 1.807) is 12.1 Å². The summed E-state index contributed by atoms with van der Waals surface area (Å²) in [5, 5.41) is 0.593. The molecule has 0 unspecified atom stereocenters. The molecule has 4 rings (SSSR count). The third kappa shape index (κ3) is 4.64. The van der Waals surface area contributed by atoms with E-state index in [2.05, 4.69) is 20.9 Å². The van der Waals surface area contributed by atoms with E-state index in [1.165, 1.54) is 0 Å². The predicted molar refractivity (Wildman–Crippen MR) is 122 cm³/mol. The molecule has 0 fully saturated rings. The van der Waals surface area contributed by atoms with Crippen molar-refractivity contribution in [2.45, 2.75) is 13.5 Å². The summed E-state index contributed by atoms with van der Waals surface area (Å²) in [6.45, 7) is 2.32. The largest absolute Gasteiger partial charge is 0.488 e. The number of benzene rings is 3. The fraction of sp³-hybridized carbons (Fsp3) is 0.0833. The van der Waals surface area contributed by atoms with Gasteiger partial charge in [-0.15, -0.1) is 0 Å². The van der Waals surface area contributed by atoms with Crippen molar-refractivity contribution in [1.29, 1.82) is 0 Å². The molecular formula is C24H17BrClNO3. The Bertz CT molecular complexity index is 1170. The van der Waals surface area contributed by atoms with Gasteiger partial charge in [0, 0.05) is 20.6 Å². The standard InChI is InChI=1S/C24H17BrClNO3/c1-15-6-9-18(12-20(15)26)23-27-21(24(28)30-23)13-17-4-2-3-5-22(17)29-14-16-7-10-19(25)11-8-16/h2-13H,14H2,1H3/b21-13+. The van der Waals surface area contributed by atoms with Crippen LogP contribution in [0.5, 0.6) is 5.75 Å². The minimum atomic E-state index is -0.510. The summed E-state index contributed by atoms with van der Waals surface area (Å²) in [5.74, 6) is 0.383. The van der Waals surface area contributed by atoms with Crippen LogP contribution in [0, 0.1) is 6.92 Å². The lowest BCUT2D eigenvalue weighted by atomic mass is 10.1. The Hall–Kier alpha value is -2.89. The summed E-state index contributed by atoms with van der Waals surface area (Å²) in [4.78, 5) is 16.7. The van der Waals surface area contributed by atoms with Gasteiger partial charge in [0.15, 0.2) is 5.70 Å². The molecule has 6 heteroatoms. The number of nitrogens with zero attached hydrogens (tertiary/aromatic N) is 1. The number of aryl methyl sites for hydroxylation is 1. The normalized spacial score (nSPS) is 14.6. The van der Waals surface area contributed by atoms with E-state index in [0.717, 1.165) is 21.2 Å². The van der Waals surface area contributed by atoms with E-state index < -0.39 is 5.97 Å². The highest BCUT2D eigenvalue weighted by molar-refractivity contribution is 9.10. The average Bonchev–Trinajstić information content (AvgIpc) is 3.11. The Labute approximate surface area is 187 Å². The Morgan fingerprint density at radius 3 is 2.63 bits per heavy atom. The highest BCUT2D eigenvalue weighted by Crippen LogP contribution is 2.26. The van der Waals surface area contributed by atoms with Crippen LogP contribution in [-0.2, 0) is 16.1 Å². The number of cyclic esters (lactones) is 1. The van der Waals surface area contributed by atoms with Crippen LogP contribution in [0.4, 0.5) is 0 Å². The minimum Gasteiger partial charge on any atom is -0.488 e. The topological polar surface area (TPSA) is 47.9 Å². The lowest BCUT2D eigenvalue weighted by molar-refractivity contribution is -0.129. The van der Waals surface area contributed by atoms with Crippen LogP contribution in [0.25, 0.3) is 6.08 Å². The molecule has 3 aromatic rings. The third-order valence-corrected chi connectivity index (χ3v) is 5.49. The molecule has 0 aliphatic carbocycles. The van der Waals surface area contributed by atoms with Crippen molar-refractivity contribution in [2.24, 2.45) is 4.99 Å². The van der Waals surface area contributed by atoms with E-state index in [0.29, 0.717) is 22.9 Å². The van der Waals surface area contributed by atoms with Crippen molar-refractivity contribution in [3.63, 3.8) is 0 Å². The number of hydrogen-bond acceptors (Lipinski definition) is 4. The molecule has 1 aliphatic heterocycles. The van der Waals surface area contributed by atoms with Crippen LogP contribution in [0.1, 0.15) is 22.3 Å². The molecule has 0 bridgehead atoms. The lowest BCUT2D eigenvalue weighted by Gasteiger charge is -2.09. The van der Waals surface area contributed by atoms with Crippen molar-refractivity contribution in [3.05, 3.63) is 104 Å². The molecule has 30 heavy (non-hydrogen) atoms. The van der Waals surface area contributed by atoms with Gasteiger partial charge in [0.05, 0.1) is 0 Å². The summed E-state index contributed by atoms with van der Waals surface area (Å²) in [6, 6.07) is 20.8. The van der Waals surface area contributed by atoms with Crippen LogP contribution in [0.2, 0.25) is 5.02 Å². The van der Waals surface area contributed by atoms with Crippen LogP contribution in [0.3, 0.4) is 0 Å². The Morgan fingerprint density at radius 2 is 1.87 bits per heavy atom. The first-order valence-electron chi connectivity index (χ1n) is 9.25. The lowest BCUT2D eigenvalue weighted by Crippen LogP contribution is -2.05. The maximum Gasteiger partial charge on any atom is 0.363 e. The van der Waals surface area contributed by atoms with E-state index in [4.69, 9.17) is 21.1 Å². The molecule has 1 aliphatic rings. The maximum atomic E-state index is 12.4. The third-order valence-electron chi connectivity index (χ3n) is 4.56. The van der Waals surface area contributed by atoms with Gasteiger partial charge in [0.25, 0.3) is 0 Å². The van der Waals surface area contributed by atoms with E-state index >= 15 is 0 Å². The monoisotopic (exact) mass is 481 g/mol. The van der Waals surface area contributed by atoms with Crippen molar-refractivity contribution in [2.75, 3.05) is 0 Å². The molecule has 150 valence electrons. The van der Waals surface area contributed by atoms with E-state index in [9.17, 15) is 4.79 Å². The number of rotatable bonds is 5. The van der Waals surface area contributed by atoms with Crippen molar-refractivity contribution >= 4 is 45.5 Å². The highest BCUT2D eigenvalue weighted by Gasteiger charge is 2.25. The van der Waals surface area contributed by atoms with Crippen molar-refractivity contribution in [3.8, 4) is 5.75 Å². The summed E-state index contributed by atoms with van der Waals surface area (Å²) in [7, 11) is 0. The number of para-hydroxylation sites is 1. The van der Waals surface area contributed by atoms with Crippen LogP contribution in [-0.4, -0.2) is 11.9 Å². The van der Waals surface area contributed by atoms with Gasteiger partial charge in [-0.1, -0.05) is 63.9 Å². The molecular weight excluding hydrogens is 466 g/mol. The second-order valence-corrected chi connectivity index (χ2v) is 8.08. The SMILES string of the molecule is Cc1ccc(C2=N/C(=C/c3ccccc3OCc3ccc(Br)cc3)C(=O)O2)cc1Cl. The molecule has 0 amide bonds. The second-order valence-electron chi connectivity index (χ2n) is 6.75. The Morgan fingerprint density at radius 1 is 1.10 bits per heavy atom. The first kappa shape index (κ1) is 20.4. The maximum absolute atomic E-state index is 12.4. The van der Waals surface area contributed by atoms with Crippen LogP contribution in [0.15, 0.2) is 81.9 Å². The fourth-order valence-electron chi connectivity index (χ4n) is 2.88. The number of esters is 1. The van der Waals surface area contributed by atoms with Crippen LogP contribution < -0.4 is 4.74 Å². The quantitative estimate of drug-likeness (QED) is 0.315. The zero-order chi connectivity index (χ0) is 21.1. The van der Waals surface area contributed by atoms with Crippen LogP contribution >= 0.6 is 27.5 Å². The number of carbonyl (C=O) groups excluding carboxylic acids is 1. The number of aliphatic imine (C=N–C) groups is 1. The molecule has 0 aromatic heterocycles. The van der Waals surface area contributed by atoms with Gasteiger partial charge in [0.2, 0.25) is 5.90 Å². The number of halogens is 2. The zero-order valence-electron chi connectivity index (χ0n) is 16.1. The predicted octanol–water partition coefficient (Wildman–Crippen LogP) is 6.33. The number of carbonyl (C=O) groups is 1. The molecule has 3 aromatic carbocycles. The van der Waals surface area contributed by atoms with Crippen molar-refractivity contribution in [1.82, 2.24) is 0 Å². The summed E-state index contributed by atoms with van der Waals surface area (Å²) < 4.78 is 12.3. The molecule has 1 heterocycles. The molecule has 0 N–H and O–H groups in total. The van der Waals surface area contributed by atoms with Gasteiger partial charge in [0.1, 0.15) is 12.4 Å². The summed E-state index contributed by atoms with van der Waals surface area (Å²) >= 11 is 9.60. The first-order valence-corrected chi connectivity index (χ1v) is 10.4. The molecule has 4 nitrogen and oxygen atoms in total. The zero-order valence-corrected chi connectivity index (χ0v) is 18.4. The summed E-state index contributed by atoms with van der Waals surface area (Å²) in [6.07, 6.45) is 1.67. The van der Waals surface area contributed by atoms with Gasteiger partial charge in [-0.2, -0.15) is 0 Å². The Balaban J connectivity index is 1.58. The smallest absolute Gasteiger partial charge is 0.363 e. The van der Waals surface area contributed by atoms with Gasteiger partial charge in [-0.25, -0.2) is 9.79 Å². The molecule has 0 spiro atoms. The molecule has 0 radical (unpaired) electrons. The van der Waals surface area contributed by atoms with E-state index in [-0.39, 0.29) is 11.6 Å². The van der Waals surface area contributed by atoms with Crippen molar-refractivity contribution < 1.29 is 14.3 Å². The highest BCUT2D eigenvalue weighted by atomic mass is 79.9. The van der Waals surface area contributed by atoms with Gasteiger partial charge in [-0.05, 0) is 54.5 Å². The van der Waals surface area contributed by atoms with Gasteiger partial charge >= 0.3 is 5.97 Å². The molecule has 0 atom stereocenters. The number of hydrogen-bond donors (Lipinski definition) is 0. The first-order chi connectivity index (χ1) is 14.5. The van der Waals surface area contributed by atoms with E-state index in [1.807, 2.05) is 67.6 Å². The second kappa shape index (κ2) is 8.86. The Kier molecular flexibility index (Phi) is 6.02. The summed E-state index contributed by atoms with van der Waals surface area (Å²) in [5.41, 5.74) is 3.59. The molecule has 0 saturated carbocycles. The number of ether oxygens (including phenoxy) is 2. The van der Waals surface area contributed by atoms with Gasteiger partial charge < -0.3 is 9.47 Å². The minimum absolute atomic E-state index is 0.210.